The van der Waals surface area contributed by atoms with Crippen molar-refractivity contribution in [1.29, 1.82) is 0 Å². The van der Waals surface area contributed by atoms with Gasteiger partial charge in [-0.2, -0.15) is 26.3 Å². The predicted molar refractivity (Wildman–Crippen MR) is 95.5 cm³/mol. The Balaban J connectivity index is 2.38. The number of carbonyl (C=O) groups is 1. The average Bonchev–Trinajstić information content (AvgIpc) is 2.53. The van der Waals surface area contributed by atoms with E-state index in [-0.39, 0.29) is 0 Å². The maximum absolute atomic E-state index is 13.2. The Morgan fingerprint density at radius 2 is 1.29 bits per heavy atom. The van der Waals surface area contributed by atoms with E-state index in [1.807, 2.05) is 20.8 Å². The molecule has 2 rings (SSSR count). The number of rotatable bonds is 4. The molecule has 2 nitrogen and oxygen atoms in total. The van der Waals surface area contributed by atoms with Crippen LogP contribution in [0.2, 0.25) is 0 Å². The molecule has 2 aromatic carbocycles. The minimum absolute atomic E-state index is 0.302. The molecule has 1 atom stereocenters. The standard InChI is InChI=1S/C19H17F6O2P/c1-17(2,3)27-11-7-9-12(10-8-11)28-16(26)15-13(18(20,21)22)5-4-6-14(15)19(23,24)25/h4-10,28H,1-3H3. The number of benzene rings is 2. The van der Waals surface area contributed by atoms with E-state index in [2.05, 4.69) is 0 Å². The fraction of sp³-hybridized carbons (Fsp3) is 0.316. The lowest BCUT2D eigenvalue weighted by molar-refractivity contribution is -0.143. The molecule has 0 heterocycles. The van der Waals surface area contributed by atoms with E-state index in [9.17, 15) is 31.1 Å². The summed E-state index contributed by atoms with van der Waals surface area (Å²) >= 11 is 0. The molecule has 0 aliphatic carbocycles. The number of carbonyl (C=O) groups excluding carboxylic acids is 1. The highest BCUT2D eigenvalue weighted by Gasteiger charge is 2.42. The van der Waals surface area contributed by atoms with Gasteiger partial charge in [0, 0.05) is 5.56 Å². The van der Waals surface area contributed by atoms with Gasteiger partial charge < -0.3 is 4.74 Å². The predicted octanol–water partition coefficient (Wildman–Crippen LogP) is 6.05. The van der Waals surface area contributed by atoms with E-state index in [1.54, 1.807) is 0 Å². The van der Waals surface area contributed by atoms with Crippen LogP contribution in [-0.2, 0) is 12.4 Å². The van der Waals surface area contributed by atoms with Crippen molar-refractivity contribution < 1.29 is 35.9 Å². The Morgan fingerprint density at radius 1 is 0.821 bits per heavy atom. The highest BCUT2D eigenvalue weighted by molar-refractivity contribution is 7.66. The third kappa shape index (κ3) is 5.71. The summed E-state index contributed by atoms with van der Waals surface area (Å²) in [4.78, 5) is 12.4. The van der Waals surface area contributed by atoms with E-state index in [0.29, 0.717) is 29.3 Å². The van der Waals surface area contributed by atoms with Gasteiger partial charge >= 0.3 is 12.4 Å². The molecule has 1 unspecified atom stereocenters. The first-order chi connectivity index (χ1) is 12.7. The van der Waals surface area contributed by atoms with Crippen molar-refractivity contribution in [2.45, 2.75) is 38.7 Å². The summed E-state index contributed by atoms with van der Waals surface area (Å²) in [6, 6.07) is 7.52. The minimum Gasteiger partial charge on any atom is -0.488 e. The first-order valence-electron chi connectivity index (χ1n) is 8.06. The van der Waals surface area contributed by atoms with Gasteiger partial charge in [0.2, 0.25) is 0 Å². The number of alkyl halides is 6. The summed E-state index contributed by atoms with van der Waals surface area (Å²) in [5.41, 5.74) is -6.24. The second-order valence-electron chi connectivity index (χ2n) is 6.92. The zero-order valence-corrected chi connectivity index (χ0v) is 16.1. The van der Waals surface area contributed by atoms with Crippen LogP contribution in [0.25, 0.3) is 0 Å². The van der Waals surface area contributed by atoms with Gasteiger partial charge in [0.25, 0.3) is 0 Å². The molecule has 0 saturated heterocycles. The average molecular weight is 422 g/mol. The number of hydrogen-bond acceptors (Lipinski definition) is 2. The largest absolute Gasteiger partial charge is 0.488 e. The van der Waals surface area contributed by atoms with Gasteiger partial charge in [-0.25, -0.2) is 0 Å². The van der Waals surface area contributed by atoms with Gasteiger partial charge in [0.05, 0.1) is 11.1 Å². The first kappa shape index (κ1) is 22.2. The van der Waals surface area contributed by atoms with Crippen LogP contribution in [0, 0.1) is 0 Å². The molecule has 152 valence electrons. The molecule has 0 N–H and O–H groups in total. The van der Waals surface area contributed by atoms with Crippen molar-refractivity contribution >= 4 is 19.4 Å². The summed E-state index contributed by atoms with van der Waals surface area (Å²) in [6.07, 6.45) is -10.2. The van der Waals surface area contributed by atoms with Crippen LogP contribution < -0.4 is 10.0 Å². The van der Waals surface area contributed by atoms with E-state index in [4.69, 9.17) is 4.74 Å². The van der Waals surface area contributed by atoms with Gasteiger partial charge in [0.1, 0.15) is 11.4 Å². The summed E-state index contributed by atoms with van der Waals surface area (Å²) in [5.74, 6) is 0.472. The van der Waals surface area contributed by atoms with E-state index < -0.39 is 48.7 Å². The third-order valence-corrected chi connectivity index (χ3v) is 4.54. The zero-order valence-electron chi connectivity index (χ0n) is 15.1. The van der Waals surface area contributed by atoms with Crippen LogP contribution in [0.1, 0.15) is 42.3 Å². The molecule has 0 saturated carbocycles. The minimum atomic E-state index is -5.08. The molecule has 0 aliphatic heterocycles. The Bertz CT molecular complexity index is 816. The maximum Gasteiger partial charge on any atom is 0.417 e. The normalized spacial score (nSPS) is 13.2. The Labute approximate surface area is 159 Å². The molecule has 0 bridgehead atoms. The molecule has 28 heavy (non-hydrogen) atoms. The topological polar surface area (TPSA) is 26.3 Å². The fourth-order valence-electron chi connectivity index (χ4n) is 2.42. The molecular weight excluding hydrogens is 405 g/mol. The van der Waals surface area contributed by atoms with Gasteiger partial charge in [-0.1, -0.05) is 18.2 Å². The van der Waals surface area contributed by atoms with Crippen LogP contribution in [0.4, 0.5) is 26.3 Å². The molecule has 0 aromatic heterocycles. The molecule has 0 radical (unpaired) electrons. The van der Waals surface area contributed by atoms with Crippen LogP contribution >= 0.6 is 8.58 Å². The molecule has 0 fully saturated rings. The third-order valence-electron chi connectivity index (χ3n) is 3.44. The van der Waals surface area contributed by atoms with Crippen LogP contribution in [-0.4, -0.2) is 11.1 Å². The second kappa shape index (κ2) is 7.74. The Kier molecular flexibility index (Phi) is 6.14. The monoisotopic (exact) mass is 422 g/mol. The van der Waals surface area contributed by atoms with Crippen LogP contribution in [0.5, 0.6) is 5.75 Å². The van der Waals surface area contributed by atoms with Crippen LogP contribution in [0.3, 0.4) is 0 Å². The van der Waals surface area contributed by atoms with Crippen molar-refractivity contribution in [3.05, 3.63) is 59.2 Å². The van der Waals surface area contributed by atoms with Gasteiger partial charge in [-0.3, -0.25) is 4.79 Å². The highest BCUT2D eigenvalue weighted by atomic mass is 31.1. The molecule has 0 aliphatic rings. The summed E-state index contributed by atoms with van der Waals surface area (Å²) in [6.45, 7) is 5.46. The lowest BCUT2D eigenvalue weighted by Gasteiger charge is -2.21. The van der Waals surface area contributed by atoms with Gasteiger partial charge in [-0.05, 0) is 58.9 Å². The highest BCUT2D eigenvalue weighted by Crippen LogP contribution is 2.41. The molecule has 2 aromatic rings. The smallest absolute Gasteiger partial charge is 0.417 e. The summed E-state index contributed by atoms with van der Waals surface area (Å²) in [5, 5.41) is 0.302. The molecule has 0 spiro atoms. The number of hydrogen-bond donors (Lipinski definition) is 0. The number of halogens is 6. The first-order valence-corrected chi connectivity index (χ1v) is 9.06. The second-order valence-corrected chi connectivity index (χ2v) is 8.20. The Morgan fingerprint density at radius 3 is 1.68 bits per heavy atom. The van der Waals surface area contributed by atoms with Crippen molar-refractivity contribution in [2.75, 3.05) is 0 Å². The van der Waals surface area contributed by atoms with Crippen molar-refractivity contribution in [2.24, 2.45) is 0 Å². The van der Waals surface area contributed by atoms with Crippen molar-refractivity contribution in [1.82, 2.24) is 0 Å². The fourth-order valence-corrected chi connectivity index (χ4v) is 3.41. The quantitative estimate of drug-likeness (QED) is 0.443. The van der Waals surface area contributed by atoms with E-state index >= 15 is 0 Å². The molecule has 0 amide bonds. The SMILES string of the molecule is CC(C)(C)Oc1ccc(PC(=O)c2c(C(F)(F)F)cccc2C(F)(F)F)cc1. The van der Waals surface area contributed by atoms with E-state index in [1.165, 1.54) is 24.3 Å². The number of ether oxygens (including phenoxy) is 1. The maximum atomic E-state index is 13.2. The molecule has 9 heteroatoms. The van der Waals surface area contributed by atoms with Crippen molar-refractivity contribution in [3.8, 4) is 5.75 Å². The summed E-state index contributed by atoms with van der Waals surface area (Å²) < 4.78 is 84.8. The summed E-state index contributed by atoms with van der Waals surface area (Å²) in [7, 11) is -0.903. The Hall–Kier alpha value is -2.08. The molecular formula is C19H17F6O2P. The lowest BCUT2D eigenvalue weighted by Crippen LogP contribution is -2.23. The van der Waals surface area contributed by atoms with Crippen LogP contribution in [0.15, 0.2) is 42.5 Å². The van der Waals surface area contributed by atoms with Crippen molar-refractivity contribution in [3.63, 3.8) is 0 Å². The zero-order chi connectivity index (χ0) is 21.3. The lowest BCUT2D eigenvalue weighted by atomic mass is 10.0. The van der Waals surface area contributed by atoms with E-state index in [0.717, 1.165) is 0 Å². The van der Waals surface area contributed by atoms with Gasteiger partial charge in [0.15, 0.2) is 5.52 Å². The van der Waals surface area contributed by atoms with Gasteiger partial charge in [-0.15, -0.1) is 0 Å².